The molecule has 1 aromatic rings. The van der Waals surface area contributed by atoms with Crippen molar-refractivity contribution in [1.82, 2.24) is 10.6 Å². The van der Waals surface area contributed by atoms with E-state index in [0.717, 1.165) is 5.56 Å². The van der Waals surface area contributed by atoms with Crippen molar-refractivity contribution < 1.29 is 4.79 Å². The fraction of sp³-hybridized carbons (Fsp3) is 0.533. The van der Waals surface area contributed by atoms with Gasteiger partial charge in [-0.2, -0.15) is 0 Å². The minimum absolute atomic E-state index is 0.0357. The second kappa shape index (κ2) is 5.89. The van der Waals surface area contributed by atoms with Crippen molar-refractivity contribution >= 4 is 6.03 Å². The quantitative estimate of drug-likeness (QED) is 0.844. The molecule has 0 bridgehead atoms. The van der Waals surface area contributed by atoms with Crippen LogP contribution < -0.4 is 10.6 Å². The Morgan fingerprint density at radius 1 is 1.11 bits per heavy atom. The number of hydrogen-bond acceptors (Lipinski definition) is 1. The molecule has 3 nitrogen and oxygen atoms in total. The number of benzene rings is 1. The summed E-state index contributed by atoms with van der Waals surface area (Å²) in [6.45, 7) is 10.1. The predicted molar refractivity (Wildman–Crippen MR) is 75.4 cm³/mol. The SMILES string of the molecule is CC(C)C(NC(=O)NC(C)(C)C)c1ccccc1. The lowest BCUT2D eigenvalue weighted by molar-refractivity contribution is 0.224. The molecule has 100 valence electrons. The third-order valence-corrected chi connectivity index (χ3v) is 2.60. The Balaban J connectivity index is 2.74. The van der Waals surface area contributed by atoms with Crippen molar-refractivity contribution in [3.8, 4) is 0 Å². The standard InChI is InChI=1S/C15H24N2O/c1-11(2)13(12-9-7-6-8-10-12)16-14(18)17-15(3,4)5/h6-11,13H,1-5H3,(H2,16,17,18). The largest absolute Gasteiger partial charge is 0.334 e. The molecule has 1 rings (SSSR count). The smallest absolute Gasteiger partial charge is 0.315 e. The number of rotatable bonds is 3. The van der Waals surface area contributed by atoms with E-state index in [2.05, 4.69) is 24.5 Å². The normalized spacial score (nSPS) is 13.2. The van der Waals surface area contributed by atoms with Crippen LogP contribution in [0, 0.1) is 5.92 Å². The Bertz CT molecular complexity index is 379. The molecule has 0 radical (unpaired) electrons. The van der Waals surface area contributed by atoms with Crippen LogP contribution in [-0.4, -0.2) is 11.6 Å². The van der Waals surface area contributed by atoms with Crippen molar-refractivity contribution in [2.24, 2.45) is 5.92 Å². The molecule has 0 heterocycles. The van der Waals surface area contributed by atoms with Gasteiger partial charge in [-0.3, -0.25) is 0 Å². The van der Waals surface area contributed by atoms with Gasteiger partial charge < -0.3 is 10.6 Å². The highest BCUT2D eigenvalue weighted by molar-refractivity contribution is 5.75. The molecule has 0 fully saturated rings. The second-order valence-electron chi connectivity index (χ2n) is 5.98. The first kappa shape index (κ1) is 14.6. The third-order valence-electron chi connectivity index (χ3n) is 2.60. The molecule has 3 heteroatoms. The van der Waals surface area contributed by atoms with Crippen LogP contribution >= 0.6 is 0 Å². The summed E-state index contributed by atoms with van der Waals surface area (Å²) in [5, 5.41) is 5.96. The molecule has 0 aliphatic rings. The van der Waals surface area contributed by atoms with Crippen molar-refractivity contribution in [2.75, 3.05) is 0 Å². The van der Waals surface area contributed by atoms with E-state index in [9.17, 15) is 4.79 Å². The molecule has 0 aliphatic carbocycles. The molecule has 0 aromatic heterocycles. The molecule has 0 saturated carbocycles. The summed E-state index contributed by atoms with van der Waals surface area (Å²) in [6, 6.07) is 9.97. The van der Waals surface area contributed by atoms with E-state index < -0.39 is 0 Å². The van der Waals surface area contributed by atoms with Crippen LogP contribution in [0.25, 0.3) is 0 Å². The number of urea groups is 1. The molecular weight excluding hydrogens is 224 g/mol. The third kappa shape index (κ3) is 4.78. The monoisotopic (exact) mass is 248 g/mol. The van der Waals surface area contributed by atoms with Gasteiger partial charge in [0.25, 0.3) is 0 Å². The first-order chi connectivity index (χ1) is 8.29. The zero-order valence-electron chi connectivity index (χ0n) is 11.9. The highest BCUT2D eigenvalue weighted by atomic mass is 16.2. The first-order valence-corrected chi connectivity index (χ1v) is 6.43. The summed E-state index contributed by atoms with van der Waals surface area (Å²) in [7, 11) is 0. The topological polar surface area (TPSA) is 41.1 Å². The molecule has 1 atom stereocenters. The van der Waals surface area contributed by atoms with Gasteiger partial charge in [-0.15, -0.1) is 0 Å². The van der Waals surface area contributed by atoms with Crippen LogP contribution in [0.15, 0.2) is 30.3 Å². The summed E-state index contributed by atoms with van der Waals surface area (Å²) in [6.07, 6.45) is 0. The van der Waals surface area contributed by atoms with Gasteiger partial charge in [-0.05, 0) is 32.3 Å². The molecule has 2 N–H and O–H groups in total. The average molecular weight is 248 g/mol. The molecule has 1 unspecified atom stereocenters. The Morgan fingerprint density at radius 2 is 1.67 bits per heavy atom. The summed E-state index contributed by atoms with van der Waals surface area (Å²) in [4.78, 5) is 11.9. The summed E-state index contributed by atoms with van der Waals surface area (Å²) >= 11 is 0. The number of carbonyl (C=O) groups excluding carboxylic acids is 1. The van der Waals surface area contributed by atoms with Gasteiger partial charge in [0.1, 0.15) is 0 Å². The van der Waals surface area contributed by atoms with Crippen LogP contribution in [0.4, 0.5) is 4.79 Å². The van der Waals surface area contributed by atoms with Gasteiger partial charge in [0.2, 0.25) is 0 Å². The average Bonchev–Trinajstić information content (AvgIpc) is 2.24. The fourth-order valence-corrected chi connectivity index (χ4v) is 1.81. The van der Waals surface area contributed by atoms with Crippen LogP contribution in [0.3, 0.4) is 0 Å². The maximum atomic E-state index is 11.9. The highest BCUT2D eigenvalue weighted by Gasteiger charge is 2.20. The van der Waals surface area contributed by atoms with E-state index in [0.29, 0.717) is 5.92 Å². The predicted octanol–water partition coefficient (Wildman–Crippen LogP) is 3.48. The zero-order valence-corrected chi connectivity index (χ0v) is 11.9. The lowest BCUT2D eigenvalue weighted by atomic mass is 9.96. The fourth-order valence-electron chi connectivity index (χ4n) is 1.81. The van der Waals surface area contributed by atoms with Crippen LogP contribution in [0.5, 0.6) is 0 Å². The Labute approximate surface area is 110 Å². The van der Waals surface area contributed by atoms with Crippen LogP contribution in [-0.2, 0) is 0 Å². The van der Waals surface area contributed by atoms with Gasteiger partial charge in [0.15, 0.2) is 0 Å². The molecular formula is C15H24N2O. The summed E-state index contributed by atoms with van der Waals surface area (Å²) in [5.74, 6) is 0.345. The van der Waals surface area contributed by atoms with Crippen molar-refractivity contribution in [3.05, 3.63) is 35.9 Å². The van der Waals surface area contributed by atoms with Gasteiger partial charge in [-0.25, -0.2) is 4.79 Å². The lowest BCUT2D eigenvalue weighted by Gasteiger charge is -2.26. The van der Waals surface area contributed by atoms with Crippen molar-refractivity contribution in [2.45, 2.75) is 46.2 Å². The summed E-state index contributed by atoms with van der Waals surface area (Å²) in [5.41, 5.74) is 0.916. The second-order valence-corrected chi connectivity index (χ2v) is 5.98. The molecule has 0 saturated heterocycles. The van der Waals surface area contributed by atoms with E-state index in [1.165, 1.54) is 0 Å². The Morgan fingerprint density at radius 3 is 2.11 bits per heavy atom. The van der Waals surface area contributed by atoms with Crippen molar-refractivity contribution in [3.63, 3.8) is 0 Å². The summed E-state index contributed by atoms with van der Waals surface area (Å²) < 4.78 is 0. The minimum Gasteiger partial charge on any atom is -0.334 e. The molecule has 0 spiro atoms. The number of amides is 2. The van der Waals surface area contributed by atoms with Crippen LogP contribution in [0.2, 0.25) is 0 Å². The zero-order chi connectivity index (χ0) is 13.8. The van der Waals surface area contributed by atoms with Gasteiger partial charge in [0, 0.05) is 5.54 Å². The van der Waals surface area contributed by atoms with E-state index >= 15 is 0 Å². The Kier molecular flexibility index (Phi) is 4.76. The molecule has 0 aliphatic heterocycles. The van der Waals surface area contributed by atoms with E-state index in [-0.39, 0.29) is 17.6 Å². The minimum atomic E-state index is -0.220. The first-order valence-electron chi connectivity index (χ1n) is 6.43. The highest BCUT2D eigenvalue weighted by Crippen LogP contribution is 2.21. The van der Waals surface area contributed by atoms with Gasteiger partial charge in [0.05, 0.1) is 6.04 Å². The van der Waals surface area contributed by atoms with E-state index in [4.69, 9.17) is 0 Å². The van der Waals surface area contributed by atoms with Gasteiger partial charge >= 0.3 is 6.03 Å². The lowest BCUT2D eigenvalue weighted by Crippen LogP contribution is -2.48. The number of hydrogen-bond donors (Lipinski definition) is 2. The van der Waals surface area contributed by atoms with E-state index in [1.807, 2.05) is 51.1 Å². The van der Waals surface area contributed by atoms with Crippen molar-refractivity contribution in [1.29, 1.82) is 0 Å². The molecule has 18 heavy (non-hydrogen) atoms. The maximum absolute atomic E-state index is 11.9. The van der Waals surface area contributed by atoms with Gasteiger partial charge in [-0.1, -0.05) is 44.2 Å². The molecule has 2 amide bonds. The maximum Gasteiger partial charge on any atom is 0.315 e. The van der Waals surface area contributed by atoms with E-state index in [1.54, 1.807) is 0 Å². The van der Waals surface area contributed by atoms with Crippen LogP contribution in [0.1, 0.15) is 46.2 Å². The number of nitrogens with one attached hydrogen (secondary N) is 2. The Hall–Kier alpha value is -1.51. The molecule has 1 aromatic carbocycles. The number of carbonyl (C=O) groups is 1.